The zero-order chi connectivity index (χ0) is 18.7. The van der Waals surface area contributed by atoms with E-state index < -0.39 is 12.2 Å². The van der Waals surface area contributed by atoms with E-state index in [1.54, 1.807) is 41.3 Å². The van der Waals surface area contributed by atoms with Gasteiger partial charge in [-0.3, -0.25) is 4.79 Å². The highest BCUT2D eigenvalue weighted by Gasteiger charge is 2.17. The summed E-state index contributed by atoms with van der Waals surface area (Å²) in [5, 5.41) is 14.2. The normalized spacial score (nSPS) is 11.1. The van der Waals surface area contributed by atoms with Crippen LogP contribution < -0.4 is 5.32 Å². The van der Waals surface area contributed by atoms with E-state index in [9.17, 15) is 13.6 Å². The van der Waals surface area contributed by atoms with Gasteiger partial charge in [0.15, 0.2) is 11.5 Å². The molecule has 9 heteroatoms. The zero-order valence-electron chi connectivity index (χ0n) is 14.4. The third-order valence-corrected chi connectivity index (χ3v) is 3.94. The number of carbonyl (C=O) groups is 1. The summed E-state index contributed by atoms with van der Waals surface area (Å²) in [5.74, 6) is -0.182. The molecule has 0 saturated heterocycles. The van der Waals surface area contributed by atoms with Crippen LogP contribution in [0, 0.1) is 0 Å². The molecule has 0 aliphatic heterocycles. The summed E-state index contributed by atoms with van der Waals surface area (Å²) in [4.78, 5) is 14.0. The first kappa shape index (κ1) is 17.7. The van der Waals surface area contributed by atoms with Crippen molar-refractivity contribution in [3.8, 4) is 0 Å². The molecule has 2 heterocycles. The molecule has 0 bridgehead atoms. The van der Waals surface area contributed by atoms with E-state index in [0.717, 1.165) is 4.52 Å². The van der Waals surface area contributed by atoms with Gasteiger partial charge in [0.05, 0.1) is 0 Å². The fourth-order valence-corrected chi connectivity index (χ4v) is 2.55. The van der Waals surface area contributed by atoms with Crippen molar-refractivity contribution in [2.24, 2.45) is 0 Å². The van der Waals surface area contributed by atoms with Gasteiger partial charge in [0, 0.05) is 24.3 Å². The molecule has 0 spiro atoms. The molecule has 0 aliphatic carbocycles. The molecule has 0 fully saturated rings. The summed E-state index contributed by atoms with van der Waals surface area (Å²) in [6.07, 6.45) is -2.77. The van der Waals surface area contributed by atoms with Gasteiger partial charge in [0.25, 0.3) is 12.3 Å². The third-order valence-electron chi connectivity index (χ3n) is 3.94. The summed E-state index contributed by atoms with van der Waals surface area (Å²) in [6, 6.07) is 10.1. The molecule has 2 aromatic heterocycles. The van der Waals surface area contributed by atoms with Crippen LogP contribution in [0.25, 0.3) is 5.65 Å². The number of halogens is 2. The Morgan fingerprint density at radius 1 is 1.12 bits per heavy atom. The summed E-state index contributed by atoms with van der Waals surface area (Å²) in [5.41, 5.74) is 1.51. The first-order valence-electron chi connectivity index (χ1n) is 8.20. The minimum Gasteiger partial charge on any atom is -0.339 e. The van der Waals surface area contributed by atoms with E-state index in [1.165, 1.54) is 0 Å². The molecule has 1 amide bonds. The highest BCUT2D eigenvalue weighted by molar-refractivity contribution is 5.94. The Morgan fingerprint density at radius 3 is 2.42 bits per heavy atom. The Labute approximate surface area is 148 Å². The quantitative estimate of drug-likeness (QED) is 0.730. The zero-order valence-corrected chi connectivity index (χ0v) is 14.4. The van der Waals surface area contributed by atoms with E-state index in [4.69, 9.17) is 0 Å². The van der Waals surface area contributed by atoms with Crippen molar-refractivity contribution in [1.82, 2.24) is 24.7 Å². The molecule has 3 aromatic rings. The molecule has 0 unspecified atom stereocenters. The number of benzene rings is 1. The second-order valence-corrected chi connectivity index (χ2v) is 5.53. The van der Waals surface area contributed by atoms with Crippen molar-refractivity contribution in [3.63, 3.8) is 0 Å². The number of hydrogen-bond acceptors (Lipinski definition) is 5. The van der Waals surface area contributed by atoms with Gasteiger partial charge in [-0.2, -0.15) is 4.52 Å². The lowest BCUT2D eigenvalue weighted by Gasteiger charge is -2.18. The molecular weight excluding hydrogens is 342 g/mol. The number of hydrogen-bond donors (Lipinski definition) is 1. The van der Waals surface area contributed by atoms with Gasteiger partial charge < -0.3 is 10.2 Å². The maximum atomic E-state index is 12.9. The molecule has 0 aliphatic rings. The van der Waals surface area contributed by atoms with Gasteiger partial charge in [-0.15, -0.1) is 15.3 Å². The van der Waals surface area contributed by atoms with Crippen LogP contribution in [-0.2, 0) is 0 Å². The van der Waals surface area contributed by atoms with Gasteiger partial charge in [-0.05, 0) is 50.2 Å². The molecule has 0 atom stereocenters. The molecule has 1 aromatic carbocycles. The van der Waals surface area contributed by atoms with Crippen LogP contribution in [-0.4, -0.2) is 43.7 Å². The number of rotatable bonds is 6. The number of alkyl halides is 2. The largest absolute Gasteiger partial charge is 0.339 e. The molecule has 1 N–H and O–H groups in total. The van der Waals surface area contributed by atoms with Crippen LogP contribution in [0.4, 0.5) is 20.3 Å². The smallest absolute Gasteiger partial charge is 0.299 e. The Balaban J connectivity index is 1.80. The predicted molar refractivity (Wildman–Crippen MR) is 92.7 cm³/mol. The third kappa shape index (κ3) is 3.46. The maximum absolute atomic E-state index is 12.9. The van der Waals surface area contributed by atoms with Crippen LogP contribution >= 0.6 is 0 Å². The SMILES string of the molecule is CCN(CC)C(=O)c1ccc(Nc2ccc3nnc(C(F)F)n3n2)cc1. The highest BCUT2D eigenvalue weighted by Crippen LogP contribution is 2.20. The second-order valence-electron chi connectivity index (χ2n) is 5.53. The Kier molecular flexibility index (Phi) is 5.06. The number of nitrogens with zero attached hydrogens (tertiary/aromatic N) is 5. The molecule has 0 radical (unpaired) electrons. The summed E-state index contributed by atoms with van der Waals surface area (Å²) in [6.45, 7) is 5.14. The average molecular weight is 360 g/mol. The van der Waals surface area contributed by atoms with Gasteiger partial charge in [0.2, 0.25) is 5.82 Å². The van der Waals surface area contributed by atoms with Crippen molar-refractivity contribution in [3.05, 3.63) is 47.8 Å². The number of amides is 1. The van der Waals surface area contributed by atoms with E-state index >= 15 is 0 Å². The topological polar surface area (TPSA) is 75.4 Å². The Hall–Kier alpha value is -3.10. The van der Waals surface area contributed by atoms with Gasteiger partial charge >= 0.3 is 0 Å². The minimum atomic E-state index is -2.77. The van der Waals surface area contributed by atoms with Gasteiger partial charge in [-0.25, -0.2) is 8.78 Å². The Bertz CT molecular complexity index is 905. The first-order chi connectivity index (χ1) is 12.5. The van der Waals surface area contributed by atoms with Crippen molar-refractivity contribution >= 4 is 23.1 Å². The van der Waals surface area contributed by atoms with Crippen molar-refractivity contribution in [2.75, 3.05) is 18.4 Å². The molecule has 26 heavy (non-hydrogen) atoms. The van der Waals surface area contributed by atoms with Crippen molar-refractivity contribution in [2.45, 2.75) is 20.3 Å². The number of fused-ring (bicyclic) bond motifs is 1. The molecule has 136 valence electrons. The standard InChI is InChI=1S/C17H18F2N6O/c1-3-24(4-2)17(26)11-5-7-12(8-6-11)20-13-9-10-14-21-22-16(15(18)19)25(14)23-13/h5-10,15H,3-4H2,1-2H3,(H,20,23). The molecule has 3 rings (SSSR count). The molecular formula is C17H18F2N6O. The number of carbonyl (C=O) groups excluding carboxylic acids is 1. The fraction of sp³-hybridized carbons (Fsp3) is 0.294. The predicted octanol–water partition coefficient (Wildman–Crippen LogP) is 3.29. The highest BCUT2D eigenvalue weighted by atomic mass is 19.3. The first-order valence-corrected chi connectivity index (χ1v) is 8.20. The van der Waals surface area contributed by atoms with Crippen molar-refractivity contribution in [1.29, 1.82) is 0 Å². The summed E-state index contributed by atoms with van der Waals surface area (Å²) >= 11 is 0. The summed E-state index contributed by atoms with van der Waals surface area (Å²) in [7, 11) is 0. The van der Waals surface area contributed by atoms with Gasteiger partial charge in [0.1, 0.15) is 0 Å². The fourth-order valence-electron chi connectivity index (χ4n) is 2.55. The molecule has 7 nitrogen and oxygen atoms in total. The van der Waals surface area contributed by atoms with E-state index in [0.29, 0.717) is 30.2 Å². The molecule has 0 saturated carbocycles. The van der Waals surface area contributed by atoms with Crippen LogP contribution in [0.5, 0.6) is 0 Å². The van der Waals surface area contributed by atoms with E-state index in [-0.39, 0.29) is 11.6 Å². The van der Waals surface area contributed by atoms with Crippen LogP contribution in [0.1, 0.15) is 36.5 Å². The minimum absolute atomic E-state index is 0.0350. The monoisotopic (exact) mass is 360 g/mol. The average Bonchev–Trinajstić information content (AvgIpc) is 3.07. The number of nitrogens with one attached hydrogen (secondary N) is 1. The van der Waals surface area contributed by atoms with Crippen LogP contribution in [0.15, 0.2) is 36.4 Å². The lowest BCUT2D eigenvalue weighted by molar-refractivity contribution is 0.0773. The lowest BCUT2D eigenvalue weighted by Crippen LogP contribution is -2.30. The number of anilines is 2. The summed E-state index contributed by atoms with van der Waals surface area (Å²) < 4.78 is 26.8. The second kappa shape index (κ2) is 7.42. The number of aromatic nitrogens is 4. The maximum Gasteiger partial charge on any atom is 0.299 e. The van der Waals surface area contributed by atoms with Crippen molar-refractivity contribution < 1.29 is 13.6 Å². The Morgan fingerprint density at radius 2 is 1.81 bits per heavy atom. The van der Waals surface area contributed by atoms with Gasteiger partial charge in [-0.1, -0.05) is 0 Å². The van der Waals surface area contributed by atoms with E-state index in [1.807, 2.05) is 13.8 Å². The lowest BCUT2D eigenvalue weighted by atomic mass is 10.2. The van der Waals surface area contributed by atoms with E-state index in [2.05, 4.69) is 20.6 Å². The van der Waals surface area contributed by atoms with Crippen LogP contribution in [0.3, 0.4) is 0 Å². The van der Waals surface area contributed by atoms with Crippen LogP contribution in [0.2, 0.25) is 0 Å².